The molecule has 0 bridgehead atoms. The third-order valence-corrected chi connectivity index (χ3v) is 5.62. The maximum atomic E-state index is 3.77. The normalized spacial score (nSPS) is 11.6. The Hall–Kier alpha value is -1.38. The first kappa shape index (κ1) is 10.5. The summed E-state index contributed by atoms with van der Waals surface area (Å²) in [7, 11) is 0. The summed E-state index contributed by atoms with van der Waals surface area (Å²) < 4.78 is 3.91. The van der Waals surface area contributed by atoms with Gasteiger partial charge in [0.25, 0.3) is 0 Å². The van der Waals surface area contributed by atoms with Crippen LogP contribution in [0.5, 0.6) is 0 Å². The molecule has 3 aromatic carbocycles. The van der Waals surface area contributed by atoms with Crippen molar-refractivity contribution >= 4 is 58.2 Å². The molecule has 0 unspecified atom stereocenters. The van der Waals surface area contributed by atoms with E-state index in [2.05, 4.69) is 70.5 Å². The van der Waals surface area contributed by atoms with Crippen molar-refractivity contribution in [2.45, 2.75) is 0 Å². The minimum atomic E-state index is 1.22. The zero-order chi connectivity index (χ0) is 12.1. The maximum Gasteiger partial charge on any atom is 0.0504 e. The van der Waals surface area contributed by atoms with Gasteiger partial charge >= 0.3 is 0 Å². The molecule has 0 amide bonds. The van der Waals surface area contributed by atoms with Gasteiger partial charge in [0.1, 0.15) is 0 Å². The molecule has 0 aliphatic rings. The molecule has 2 heteroatoms. The molecule has 0 aliphatic heterocycles. The van der Waals surface area contributed by atoms with Crippen molar-refractivity contribution in [1.29, 1.82) is 0 Å². The number of fused-ring (bicyclic) bond motifs is 4. The zero-order valence-electron chi connectivity index (χ0n) is 9.48. The van der Waals surface area contributed by atoms with Crippen LogP contribution in [0.25, 0.3) is 30.9 Å². The minimum Gasteiger partial charge on any atom is -0.134 e. The van der Waals surface area contributed by atoms with Gasteiger partial charge in [0.05, 0.1) is 4.70 Å². The zero-order valence-corrected chi connectivity index (χ0v) is 11.9. The van der Waals surface area contributed by atoms with Gasteiger partial charge < -0.3 is 0 Å². The van der Waals surface area contributed by atoms with Gasteiger partial charge in [-0.25, -0.2) is 0 Å². The lowest BCUT2D eigenvalue weighted by Crippen LogP contribution is -1.75. The molecule has 0 nitrogen and oxygen atoms in total. The van der Waals surface area contributed by atoms with Gasteiger partial charge in [0, 0.05) is 19.9 Å². The smallest absolute Gasteiger partial charge is 0.0504 e. The summed E-state index contributed by atoms with van der Waals surface area (Å²) >= 11 is 5.63. The molecule has 86 valence electrons. The van der Waals surface area contributed by atoms with Crippen molar-refractivity contribution in [2.75, 3.05) is 0 Å². The van der Waals surface area contributed by atoms with Crippen LogP contribution in [0.4, 0.5) is 0 Å². The fourth-order valence-electron chi connectivity index (χ4n) is 2.47. The Bertz CT molecular complexity index is 889. The lowest BCUT2D eigenvalue weighted by Gasteiger charge is -2.02. The average molecular weight is 313 g/mol. The van der Waals surface area contributed by atoms with Crippen molar-refractivity contribution in [3.8, 4) is 0 Å². The molecule has 0 radical (unpaired) electrons. The van der Waals surface area contributed by atoms with E-state index in [1.807, 2.05) is 11.3 Å². The lowest BCUT2D eigenvalue weighted by atomic mass is 10.1. The predicted octanol–water partition coefficient (Wildman–Crippen LogP) is 5.97. The number of rotatable bonds is 0. The van der Waals surface area contributed by atoms with Gasteiger partial charge in [0.15, 0.2) is 0 Å². The standard InChI is InChI=1S/C16H9BrS/c17-15-11-6-2-1-5-10(11)9-13-12-7-3-4-8-14(12)18-16(13)15/h1-9H. The van der Waals surface area contributed by atoms with Crippen molar-refractivity contribution in [3.63, 3.8) is 0 Å². The Morgan fingerprint density at radius 1 is 0.778 bits per heavy atom. The molecule has 0 saturated heterocycles. The topological polar surface area (TPSA) is 0 Å². The Balaban J connectivity index is 2.33. The molecule has 18 heavy (non-hydrogen) atoms. The highest BCUT2D eigenvalue weighted by atomic mass is 79.9. The summed E-state index contributed by atoms with van der Waals surface area (Å²) in [6, 6.07) is 19.4. The monoisotopic (exact) mass is 312 g/mol. The lowest BCUT2D eigenvalue weighted by molar-refractivity contribution is 1.79. The Labute approximate surface area is 117 Å². The van der Waals surface area contributed by atoms with Crippen molar-refractivity contribution in [2.24, 2.45) is 0 Å². The number of thiophene rings is 1. The van der Waals surface area contributed by atoms with E-state index in [0.717, 1.165) is 0 Å². The van der Waals surface area contributed by atoms with E-state index in [-0.39, 0.29) is 0 Å². The van der Waals surface area contributed by atoms with Gasteiger partial charge in [-0.15, -0.1) is 11.3 Å². The summed E-state index contributed by atoms with van der Waals surface area (Å²) in [5.74, 6) is 0. The van der Waals surface area contributed by atoms with E-state index in [1.54, 1.807) is 0 Å². The number of hydrogen-bond acceptors (Lipinski definition) is 1. The van der Waals surface area contributed by atoms with Crippen LogP contribution in [0.3, 0.4) is 0 Å². The van der Waals surface area contributed by atoms with Crippen LogP contribution in [0.2, 0.25) is 0 Å². The maximum absolute atomic E-state index is 3.77. The van der Waals surface area contributed by atoms with Crippen LogP contribution in [0.1, 0.15) is 0 Å². The van der Waals surface area contributed by atoms with Crippen LogP contribution < -0.4 is 0 Å². The molecule has 0 saturated carbocycles. The molecule has 1 aromatic heterocycles. The fraction of sp³-hybridized carbons (Fsp3) is 0. The van der Waals surface area contributed by atoms with Gasteiger partial charge in [-0.3, -0.25) is 0 Å². The summed E-state index contributed by atoms with van der Waals surface area (Å²) in [4.78, 5) is 0. The van der Waals surface area contributed by atoms with Crippen molar-refractivity contribution in [3.05, 3.63) is 59.1 Å². The van der Waals surface area contributed by atoms with E-state index in [0.29, 0.717) is 0 Å². The van der Waals surface area contributed by atoms with E-state index in [9.17, 15) is 0 Å². The highest BCUT2D eigenvalue weighted by molar-refractivity contribution is 9.11. The van der Waals surface area contributed by atoms with E-state index < -0.39 is 0 Å². The second kappa shape index (κ2) is 3.81. The second-order valence-electron chi connectivity index (χ2n) is 4.39. The molecule has 0 spiro atoms. The number of benzene rings is 3. The van der Waals surface area contributed by atoms with Crippen LogP contribution in [0, 0.1) is 0 Å². The first-order valence-electron chi connectivity index (χ1n) is 5.83. The van der Waals surface area contributed by atoms with Crippen molar-refractivity contribution in [1.82, 2.24) is 0 Å². The summed E-state index contributed by atoms with van der Waals surface area (Å²) in [5.41, 5.74) is 0. The van der Waals surface area contributed by atoms with Gasteiger partial charge in [-0.1, -0.05) is 42.5 Å². The first-order chi connectivity index (χ1) is 8.84. The van der Waals surface area contributed by atoms with E-state index >= 15 is 0 Å². The van der Waals surface area contributed by atoms with E-state index in [4.69, 9.17) is 0 Å². The number of halogens is 1. The molecule has 0 fully saturated rings. The third kappa shape index (κ3) is 1.36. The molecule has 0 N–H and O–H groups in total. The summed E-state index contributed by atoms with van der Waals surface area (Å²) in [5, 5.41) is 5.28. The average Bonchev–Trinajstić information content (AvgIpc) is 2.79. The Morgan fingerprint density at radius 2 is 1.50 bits per heavy atom. The van der Waals surface area contributed by atoms with Crippen LogP contribution >= 0.6 is 27.3 Å². The van der Waals surface area contributed by atoms with Crippen LogP contribution in [-0.4, -0.2) is 0 Å². The highest BCUT2D eigenvalue weighted by Gasteiger charge is 2.10. The Kier molecular flexibility index (Phi) is 2.23. The molecule has 4 rings (SSSR count). The predicted molar refractivity (Wildman–Crippen MR) is 84.5 cm³/mol. The second-order valence-corrected chi connectivity index (χ2v) is 6.23. The molecule has 1 heterocycles. The third-order valence-electron chi connectivity index (χ3n) is 3.33. The highest BCUT2D eigenvalue weighted by Crippen LogP contribution is 2.41. The molecular formula is C16H9BrS. The molecular weight excluding hydrogens is 304 g/mol. The van der Waals surface area contributed by atoms with Crippen LogP contribution in [-0.2, 0) is 0 Å². The quantitative estimate of drug-likeness (QED) is 0.375. The van der Waals surface area contributed by atoms with E-state index in [1.165, 1.54) is 35.4 Å². The number of hydrogen-bond donors (Lipinski definition) is 0. The molecule has 0 aliphatic carbocycles. The van der Waals surface area contributed by atoms with Gasteiger partial charge in [-0.2, -0.15) is 0 Å². The minimum absolute atomic E-state index is 1.22. The van der Waals surface area contributed by atoms with Gasteiger partial charge in [-0.05, 0) is 38.8 Å². The molecule has 4 aromatic rings. The first-order valence-corrected chi connectivity index (χ1v) is 7.44. The fourth-order valence-corrected chi connectivity index (χ4v) is 4.42. The summed E-state index contributed by atoms with van der Waals surface area (Å²) in [6.45, 7) is 0. The van der Waals surface area contributed by atoms with Gasteiger partial charge in [0.2, 0.25) is 0 Å². The Morgan fingerprint density at radius 3 is 2.39 bits per heavy atom. The van der Waals surface area contributed by atoms with Crippen molar-refractivity contribution < 1.29 is 0 Å². The largest absolute Gasteiger partial charge is 0.134 e. The SMILES string of the molecule is Brc1c2ccccc2cc2c1sc1ccccc12. The summed E-state index contributed by atoms with van der Waals surface area (Å²) in [6.07, 6.45) is 0. The molecule has 0 atom stereocenters. The van der Waals surface area contributed by atoms with Crippen LogP contribution in [0.15, 0.2) is 59.1 Å².